The lowest BCUT2D eigenvalue weighted by molar-refractivity contribution is 0.0463. The van der Waals surface area contributed by atoms with Gasteiger partial charge in [0, 0.05) is 7.11 Å². The van der Waals surface area contributed by atoms with Gasteiger partial charge in [0.2, 0.25) is 17.2 Å². The molecule has 0 aliphatic rings. The predicted molar refractivity (Wildman–Crippen MR) is 107 cm³/mol. The lowest BCUT2D eigenvalue weighted by Gasteiger charge is -2.22. The second-order valence-corrected chi connectivity index (χ2v) is 5.86. The highest BCUT2D eigenvalue weighted by Gasteiger charge is 2.32. The van der Waals surface area contributed by atoms with E-state index in [-0.39, 0.29) is 46.7 Å². The van der Waals surface area contributed by atoms with E-state index in [1.165, 1.54) is 54.6 Å². The van der Waals surface area contributed by atoms with Gasteiger partial charge in [0.05, 0.1) is 34.0 Å². The van der Waals surface area contributed by atoms with E-state index >= 15 is 0 Å². The number of ether oxygens (including phenoxy) is 7. The number of carbonyl (C=O) groups excluding carboxylic acids is 2. The molecule has 0 radical (unpaired) electrons. The summed E-state index contributed by atoms with van der Waals surface area (Å²) in [5, 5.41) is 0. The minimum atomic E-state index is -0.715. The van der Waals surface area contributed by atoms with Crippen molar-refractivity contribution in [1.82, 2.24) is 0 Å². The normalized spacial score (nSPS) is 10.2. The Balaban J connectivity index is 2.66. The van der Waals surface area contributed by atoms with Crippen LogP contribution in [0.5, 0.6) is 34.5 Å². The van der Waals surface area contributed by atoms with Crippen LogP contribution in [0.2, 0.25) is 0 Å². The Labute approximate surface area is 174 Å². The fourth-order valence-electron chi connectivity index (χ4n) is 2.75. The summed E-state index contributed by atoms with van der Waals surface area (Å²) in [5.74, 6) is -0.546. The molecule has 0 heterocycles. The maximum atomic E-state index is 12.8. The first-order valence-corrected chi connectivity index (χ1v) is 8.78. The van der Waals surface area contributed by atoms with Crippen LogP contribution in [-0.2, 0) is 4.74 Å². The van der Waals surface area contributed by atoms with Crippen LogP contribution >= 0.6 is 0 Å². The Morgan fingerprint density at radius 1 is 0.733 bits per heavy atom. The summed E-state index contributed by atoms with van der Waals surface area (Å²) >= 11 is 0. The smallest absolute Gasteiger partial charge is 0.343 e. The van der Waals surface area contributed by atoms with Crippen LogP contribution in [0.4, 0.5) is 0 Å². The molecule has 0 atom stereocenters. The number of methoxy groups -OCH3 is 5. The van der Waals surface area contributed by atoms with E-state index in [0.717, 1.165) is 0 Å². The third-order valence-corrected chi connectivity index (χ3v) is 4.09. The molecule has 0 aliphatic heterocycles. The minimum absolute atomic E-state index is 0.00327. The van der Waals surface area contributed by atoms with Crippen LogP contribution in [-0.4, -0.2) is 54.1 Å². The Kier molecular flexibility index (Phi) is 7.88. The summed E-state index contributed by atoms with van der Waals surface area (Å²) in [6.45, 7) is 1.16. The second kappa shape index (κ2) is 10.4. The third-order valence-electron chi connectivity index (χ3n) is 4.09. The number of rotatable bonds is 10. The average Bonchev–Trinajstić information content (AvgIpc) is 2.76. The van der Waals surface area contributed by atoms with Gasteiger partial charge in [-0.2, -0.15) is 0 Å². The van der Waals surface area contributed by atoms with E-state index in [2.05, 4.69) is 0 Å². The fraction of sp³-hybridized carbons (Fsp3) is 0.333. The van der Waals surface area contributed by atoms with Crippen molar-refractivity contribution in [1.29, 1.82) is 0 Å². The Hall–Kier alpha value is -3.46. The summed E-state index contributed by atoms with van der Waals surface area (Å²) in [5.41, 5.74) is 0.202. The molecule has 0 aliphatic carbocycles. The summed E-state index contributed by atoms with van der Waals surface area (Å²) in [6.07, 6.45) is 0. The van der Waals surface area contributed by atoms with Crippen LogP contribution in [0.15, 0.2) is 24.3 Å². The van der Waals surface area contributed by atoms with Crippen LogP contribution in [0, 0.1) is 0 Å². The van der Waals surface area contributed by atoms with Crippen molar-refractivity contribution in [3.05, 3.63) is 35.4 Å². The number of esters is 1. The van der Waals surface area contributed by atoms with Gasteiger partial charge in [0.15, 0.2) is 24.1 Å². The second-order valence-electron chi connectivity index (χ2n) is 5.86. The fourth-order valence-corrected chi connectivity index (χ4v) is 2.75. The van der Waals surface area contributed by atoms with E-state index in [4.69, 9.17) is 33.2 Å². The summed E-state index contributed by atoms with van der Waals surface area (Å²) in [7, 11) is 7.02. The number of ketones is 1. The summed E-state index contributed by atoms with van der Waals surface area (Å²) in [6, 6.07) is 6.29. The van der Waals surface area contributed by atoms with E-state index in [1.807, 2.05) is 0 Å². The third kappa shape index (κ3) is 4.57. The van der Waals surface area contributed by atoms with Crippen LogP contribution in [0.25, 0.3) is 0 Å². The van der Waals surface area contributed by atoms with Crippen LogP contribution in [0.3, 0.4) is 0 Å². The number of benzene rings is 2. The zero-order chi connectivity index (χ0) is 22.3. The first kappa shape index (κ1) is 22.8. The quantitative estimate of drug-likeness (QED) is 0.248. The van der Waals surface area contributed by atoms with Gasteiger partial charge in [0.1, 0.15) is 11.3 Å². The van der Waals surface area contributed by atoms with Crippen molar-refractivity contribution in [3.63, 3.8) is 0 Å². The van der Waals surface area contributed by atoms with Crippen molar-refractivity contribution < 1.29 is 42.7 Å². The largest absolute Gasteiger partial charge is 0.497 e. The van der Waals surface area contributed by atoms with Crippen molar-refractivity contribution in [2.75, 3.05) is 42.3 Å². The lowest BCUT2D eigenvalue weighted by Crippen LogP contribution is -2.15. The van der Waals surface area contributed by atoms with Gasteiger partial charge in [-0.05, 0) is 31.2 Å². The molecule has 9 nitrogen and oxygen atoms in total. The predicted octanol–water partition coefficient (Wildman–Crippen LogP) is 3.13. The number of carbonyl (C=O) groups is 2. The average molecular weight is 420 g/mol. The minimum Gasteiger partial charge on any atom is -0.497 e. The van der Waals surface area contributed by atoms with Crippen molar-refractivity contribution >= 4 is 11.8 Å². The molecule has 0 unspecified atom stereocenters. The Morgan fingerprint density at radius 2 is 1.30 bits per heavy atom. The Morgan fingerprint density at radius 3 is 1.77 bits per heavy atom. The summed E-state index contributed by atoms with van der Waals surface area (Å²) < 4.78 is 37.3. The molecular formula is C21H24O9. The van der Waals surface area contributed by atoms with Gasteiger partial charge in [-0.15, -0.1) is 0 Å². The molecular weight excluding hydrogens is 396 g/mol. The van der Waals surface area contributed by atoms with E-state index < -0.39 is 11.8 Å². The standard InChI is InChI=1S/C21H24O9/c1-12(22)15-16(26-4)20(29-11-24-2)19(28-6)18(27-5)17(15)30-21(23)13-7-9-14(25-3)10-8-13/h7-10H,11H2,1-6H3. The molecule has 0 fully saturated rings. The molecule has 0 saturated carbocycles. The van der Waals surface area contributed by atoms with Gasteiger partial charge < -0.3 is 33.2 Å². The van der Waals surface area contributed by atoms with Gasteiger partial charge in [-0.1, -0.05) is 0 Å². The first-order chi connectivity index (χ1) is 14.4. The van der Waals surface area contributed by atoms with Gasteiger partial charge >= 0.3 is 5.97 Å². The first-order valence-electron chi connectivity index (χ1n) is 8.78. The number of hydrogen-bond acceptors (Lipinski definition) is 9. The SMILES string of the molecule is COCOc1c(OC)c(OC)c(OC(=O)c2ccc(OC)cc2)c(C(C)=O)c1OC. The molecule has 2 aromatic carbocycles. The number of hydrogen-bond donors (Lipinski definition) is 0. The maximum Gasteiger partial charge on any atom is 0.343 e. The highest BCUT2D eigenvalue weighted by molar-refractivity contribution is 6.04. The monoisotopic (exact) mass is 420 g/mol. The molecule has 0 N–H and O–H groups in total. The van der Waals surface area contributed by atoms with Gasteiger partial charge in [-0.25, -0.2) is 4.79 Å². The molecule has 2 aromatic rings. The zero-order valence-electron chi connectivity index (χ0n) is 17.7. The Bertz CT molecular complexity index is 904. The van der Waals surface area contributed by atoms with Gasteiger partial charge in [0.25, 0.3) is 0 Å². The van der Waals surface area contributed by atoms with Crippen molar-refractivity contribution in [3.8, 4) is 34.5 Å². The molecule has 0 aromatic heterocycles. The van der Waals surface area contributed by atoms with E-state index in [0.29, 0.717) is 5.75 Å². The van der Waals surface area contributed by atoms with E-state index in [1.54, 1.807) is 12.1 Å². The van der Waals surface area contributed by atoms with Crippen molar-refractivity contribution in [2.24, 2.45) is 0 Å². The molecule has 0 bridgehead atoms. The van der Waals surface area contributed by atoms with E-state index in [9.17, 15) is 9.59 Å². The molecule has 162 valence electrons. The molecule has 2 rings (SSSR count). The molecule has 0 spiro atoms. The number of Topliss-reactive ketones (excluding diaryl/α,β-unsaturated/α-hetero) is 1. The van der Waals surface area contributed by atoms with Crippen LogP contribution < -0.4 is 28.4 Å². The summed E-state index contributed by atoms with van der Waals surface area (Å²) in [4.78, 5) is 25.2. The highest BCUT2D eigenvalue weighted by atomic mass is 16.7. The zero-order valence-corrected chi connectivity index (χ0v) is 17.7. The van der Waals surface area contributed by atoms with Crippen LogP contribution in [0.1, 0.15) is 27.6 Å². The molecule has 30 heavy (non-hydrogen) atoms. The molecule has 9 heteroatoms. The van der Waals surface area contributed by atoms with Crippen molar-refractivity contribution in [2.45, 2.75) is 6.92 Å². The maximum absolute atomic E-state index is 12.8. The molecule has 0 saturated heterocycles. The highest BCUT2D eigenvalue weighted by Crippen LogP contribution is 2.53. The lowest BCUT2D eigenvalue weighted by atomic mass is 10.1. The molecule has 0 amide bonds. The van der Waals surface area contributed by atoms with Gasteiger partial charge in [-0.3, -0.25) is 4.79 Å². The topological polar surface area (TPSA) is 98.8 Å².